The van der Waals surface area contributed by atoms with Crippen molar-refractivity contribution in [3.05, 3.63) is 61.0 Å². The van der Waals surface area contributed by atoms with E-state index in [9.17, 15) is 9.59 Å². The molecular formula is C24H25Br2N3O5. The number of carbonyl (C=O) groups excluding carboxylic acids is 1. The van der Waals surface area contributed by atoms with Crippen LogP contribution in [0.15, 0.2) is 49.2 Å². The van der Waals surface area contributed by atoms with E-state index in [2.05, 4.69) is 41.9 Å². The third-order valence-electron chi connectivity index (χ3n) is 4.66. The number of esters is 1. The lowest BCUT2D eigenvalue weighted by Crippen LogP contribution is -2.23. The number of ether oxygens (including phenoxy) is 3. The molecule has 0 unspecified atom stereocenters. The molecule has 0 spiro atoms. The van der Waals surface area contributed by atoms with Crippen molar-refractivity contribution in [1.29, 1.82) is 0 Å². The summed E-state index contributed by atoms with van der Waals surface area (Å²) in [6.07, 6.45) is 1.32. The normalized spacial score (nSPS) is 11.6. The van der Waals surface area contributed by atoms with Gasteiger partial charge in [0.1, 0.15) is 5.82 Å². The Labute approximate surface area is 214 Å². The van der Waals surface area contributed by atoms with Gasteiger partial charge in [-0.2, -0.15) is 9.78 Å². The van der Waals surface area contributed by atoms with Gasteiger partial charge in [-0.25, -0.2) is 9.78 Å². The quantitative estimate of drug-likeness (QED) is 0.261. The molecule has 0 aliphatic heterocycles. The fourth-order valence-electron chi connectivity index (χ4n) is 3.13. The van der Waals surface area contributed by atoms with E-state index < -0.39 is 5.97 Å². The molecule has 0 atom stereocenters. The number of benzene rings is 2. The van der Waals surface area contributed by atoms with Gasteiger partial charge in [-0.3, -0.25) is 4.79 Å². The third kappa shape index (κ3) is 6.04. The number of fused-ring (bicyclic) bond motifs is 1. The first-order chi connectivity index (χ1) is 16.1. The fraction of sp³-hybridized carbons (Fsp3) is 0.333. The van der Waals surface area contributed by atoms with Crippen molar-refractivity contribution >= 4 is 54.9 Å². The van der Waals surface area contributed by atoms with Crippen LogP contribution in [0.3, 0.4) is 0 Å². The summed E-state index contributed by atoms with van der Waals surface area (Å²) in [6, 6.07) is 8.75. The maximum atomic E-state index is 13.2. The number of hydrogen-bond acceptors (Lipinski definition) is 7. The number of methoxy groups -OCH3 is 1. The van der Waals surface area contributed by atoms with Crippen LogP contribution in [-0.2, 0) is 9.53 Å². The molecular weight excluding hydrogens is 570 g/mol. The van der Waals surface area contributed by atoms with Crippen molar-refractivity contribution in [2.24, 2.45) is 5.10 Å². The highest BCUT2D eigenvalue weighted by Gasteiger charge is 2.15. The molecule has 0 fully saturated rings. The van der Waals surface area contributed by atoms with Crippen LogP contribution < -0.4 is 15.0 Å². The van der Waals surface area contributed by atoms with E-state index >= 15 is 0 Å². The summed E-state index contributed by atoms with van der Waals surface area (Å²) in [4.78, 5) is 29.7. The molecule has 0 bridgehead atoms. The van der Waals surface area contributed by atoms with Crippen LogP contribution in [0.25, 0.3) is 10.9 Å². The largest absolute Gasteiger partial charge is 0.493 e. The van der Waals surface area contributed by atoms with Gasteiger partial charge in [0.15, 0.2) is 18.1 Å². The zero-order chi connectivity index (χ0) is 25.0. The van der Waals surface area contributed by atoms with E-state index in [-0.39, 0.29) is 24.2 Å². The highest BCUT2D eigenvalue weighted by molar-refractivity contribution is 9.10. The van der Waals surface area contributed by atoms with Crippen LogP contribution in [0.1, 0.15) is 45.0 Å². The summed E-state index contributed by atoms with van der Waals surface area (Å²) < 4.78 is 18.8. The summed E-state index contributed by atoms with van der Waals surface area (Å²) in [5.41, 5.74) is 0.992. The van der Waals surface area contributed by atoms with Crippen LogP contribution in [0, 0.1) is 0 Å². The molecule has 1 aromatic heterocycles. The number of hydrogen-bond donors (Lipinski definition) is 0. The number of halogens is 2. The maximum absolute atomic E-state index is 13.2. The predicted octanol–water partition coefficient (Wildman–Crippen LogP) is 5.27. The molecule has 0 radical (unpaired) electrons. The molecule has 1 heterocycles. The van der Waals surface area contributed by atoms with E-state index in [1.807, 2.05) is 19.9 Å². The maximum Gasteiger partial charge on any atom is 0.344 e. The van der Waals surface area contributed by atoms with Crippen molar-refractivity contribution < 1.29 is 19.0 Å². The molecule has 0 saturated heterocycles. The Kier molecular flexibility index (Phi) is 8.48. The lowest BCUT2D eigenvalue weighted by atomic mass is 10.2. The Morgan fingerprint density at radius 1 is 1.15 bits per heavy atom. The zero-order valence-corrected chi connectivity index (χ0v) is 22.6. The van der Waals surface area contributed by atoms with Crippen molar-refractivity contribution in [3.63, 3.8) is 0 Å². The molecule has 0 amide bonds. The summed E-state index contributed by atoms with van der Waals surface area (Å²) >= 11 is 6.90. The molecule has 0 saturated carbocycles. The Morgan fingerprint density at radius 3 is 2.53 bits per heavy atom. The van der Waals surface area contributed by atoms with Crippen LogP contribution >= 0.6 is 31.9 Å². The molecule has 0 N–H and O–H groups in total. The highest BCUT2D eigenvalue weighted by atomic mass is 79.9. The number of nitrogens with zero attached hydrogens (tertiary/aromatic N) is 3. The summed E-state index contributed by atoms with van der Waals surface area (Å²) in [7, 11) is 1.50. The smallest absolute Gasteiger partial charge is 0.344 e. The second-order valence-electron chi connectivity index (χ2n) is 8.00. The SMILES string of the molecule is COc1cc(C=Nn2c(C(C)C)nc3ccc(Br)cc3c2=O)c(Br)cc1OCC(=O)OC(C)C. The average molecular weight is 595 g/mol. The van der Waals surface area contributed by atoms with Gasteiger partial charge >= 0.3 is 5.97 Å². The second kappa shape index (κ2) is 11.1. The number of aromatic nitrogens is 2. The molecule has 10 heteroatoms. The number of rotatable bonds is 8. The standard InChI is InChI=1S/C24H25Br2N3O5/c1-13(2)23-28-19-7-6-16(25)9-17(19)24(31)29(23)27-11-15-8-20(32-5)21(10-18(15)26)33-12-22(30)34-14(3)4/h6-11,13-14H,12H2,1-5H3. The van der Waals surface area contributed by atoms with Gasteiger partial charge in [0.25, 0.3) is 5.56 Å². The number of carbonyl (C=O) groups is 1. The van der Waals surface area contributed by atoms with Gasteiger partial charge in [-0.05, 0) is 60.1 Å². The first-order valence-corrected chi connectivity index (χ1v) is 12.2. The van der Waals surface area contributed by atoms with Gasteiger partial charge in [0.2, 0.25) is 0 Å². The molecule has 8 nitrogen and oxygen atoms in total. The van der Waals surface area contributed by atoms with Crippen molar-refractivity contribution in [3.8, 4) is 11.5 Å². The molecule has 0 aliphatic carbocycles. The Hall–Kier alpha value is -2.72. The Bertz CT molecular complexity index is 1300. The van der Waals surface area contributed by atoms with Gasteiger partial charge in [-0.15, -0.1) is 0 Å². The molecule has 0 aliphatic rings. The summed E-state index contributed by atoms with van der Waals surface area (Å²) in [5, 5.41) is 4.91. The summed E-state index contributed by atoms with van der Waals surface area (Å²) in [5.74, 6) is 0.804. The van der Waals surface area contributed by atoms with Gasteiger partial charge in [0.05, 0.1) is 30.3 Å². The van der Waals surface area contributed by atoms with E-state index in [4.69, 9.17) is 14.2 Å². The van der Waals surface area contributed by atoms with Crippen LogP contribution in [0.2, 0.25) is 0 Å². The lowest BCUT2D eigenvalue weighted by Gasteiger charge is -2.14. The average Bonchev–Trinajstić information content (AvgIpc) is 2.77. The van der Waals surface area contributed by atoms with E-state index in [0.717, 1.165) is 4.47 Å². The van der Waals surface area contributed by atoms with Crippen LogP contribution in [0.4, 0.5) is 0 Å². The van der Waals surface area contributed by atoms with E-state index in [1.54, 1.807) is 44.3 Å². The van der Waals surface area contributed by atoms with Crippen molar-refractivity contribution in [1.82, 2.24) is 9.66 Å². The minimum atomic E-state index is -0.477. The fourth-order valence-corrected chi connectivity index (χ4v) is 3.91. The Balaban J connectivity index is 1.98. The topological polar surface area (TPSA) is 92.0 Å². The third-order valence-corrected chi connectivity index (χ3v) is 5.84. The van der Waals surface area contributed by atoms with E-state index in [1.165, 1.54) is 11.8 Å². The molecule has 2 aromatic carbocycles. The van der Waals surface area contributed by atoms with Crippen LogP contribution in [-0.4, -0.2) is 41.7 Å². The minimum Gasteiger partial charge on any atom is -0.493 e. The minimum absolute atomic E-state index is 0.0303. The van der Waals surface area contributed by atoms with Gasteiger partial charge in [-0.1, -0.05) is 29.8 Å². The first kappa shape index (κ1) is 25.9. The van der Waals surface area contributed by atoms with Crippen LogP contribution in [0.5, 0.6) is 11.5 Å². The first-order valence-electron chi connectivity index (χ1n) is 10.6. The molecule has 3 rings (SSSR count). The highest BCUT2D eigenvalue weighted by Crippen LogP contribution is 2.33. The lowest BCUT2D eigenvalue weighted by molar-refractivity contribution is -0.149. The zero-order valence-electron chi connectivity index (χ0n) is 19.5. The van der Waals surface area contributed by atoms with E-state index in [0.29, 0.717) is 38.3 Å². The molecule has 3 aromatic rings. The second-order valence-corrected chi connectivity index (χ2v) is 9.77. The van der Waals surface area contributed by atoms with Crippen molar-refractivity contribution in [2.75, 3.05) is 13.7 Å². The van der Waals surface area contributed by atoms with Crippen molar-refractivity contribution in [2.45, 2.75) is 39.7 Å². The van der Waals surface area contributed by atoms with Gasteiger partial charge in [0, 0.05) is 20.4 Å². The summed E-state index contributed by atoms with van der Waals surface area (Å²) in [6.45, 7) is 7.19. The predicted molar refractivity (Wildman–Crippen MR) is 138 cm³/mol. The molecule has 34 heavy (non-hydrogen) atoms. The molecule has 180 valence electrons. The Morgan fingerprint density at radius 2 is 1.88 bits per heavy atom. The van der Waals surface area contributed by atoms with Gasteiger partial charge < -0.3 is 14.2 Å². The monoisotopic (exact) mass is 593 g/mol.